The second-order valence-corrected chi connectivity index (χ2v) is 4.10. The van der Waals surface area contributed by atoms with Crippen LogP contribution >= 0.6 is 0 Å². The standard InChI is InChI=1S/C14H15NO3/c1-3-18-13-8-11-5-4-10(7-14(16)17)6-12(11)9(2)15-13/h4-6,8H,3,7H2,1-2H3,(H,16,17). The average molecular weight is 245 g/mol. The number of rotatable bonds is 4. The van der Waals surface area contributed by atoms with E-state index < -0.39 is 5.97 Å². The molecule has 1 N–H and O–H groups in total. The lowest BCUT2D eigenvalue weighted by atomic mass is 10.0. The van der Waals surface area contributed by atoms with E-state index in [4.69, 9.17) is 9.84 Å². The van der Waals surface area contributed by atoms with Gasteiger partial charge in [0.05, 0.1) is 13.0 Å². The van der Waals surface area contributed by atoms with E-state index >= 15 is 0 Å². The molecule has 0 aliphatic rings. The SMILES string of the molecule is CCOc1cc2ccc(CC(=O)O)cc2c(C)n1. The minimum Gasteiger partial charge on any atom is -0.481 e. The molecule has 4 heteroatoms. The van der Waals surface area contributed by atoms with Crippen molar-refractivity contribution >= 4 is 16.7 Å². The van der Waals surface area contributed by atoms with Crippen molar-refractivity contribution in [1.29, 1.82) is 0 Å². The first-order valence-corrected chi connectivity index (χ1v) is 5.85. The van der Waals surface area contributed by atoms with Crippen LogP contribution in [-0.4, -0.2) is 22.7 Å². The van der Waals surface area contributed by atoms with Gasteiger partial charge < -0.3 is 9.84 Å². The molecule has 0 saturated heterocycles. The summed E-state index contributed by atoms with van der Waals surface area (Å²) in [4.78, 5) is 15.0. The molecule has 1 aromatic carbocycles. The first-order chi connectivity index (χ1) is 8.60. The third-order valence-electron chi connectivity index (χ3n) is 2.71. The highest BCUT2D eigenvalue weighted by atomic mass is 16.5. The van der Waals surface area contributed by atoms with Crippen LogP contribution in [0.25, 0.3) is 10.8 Å². The van der Waals surface area contributed by atoms with Crippen molar-refractivity contribution in [2.45, 2.75) is 20.3 Å². The number of carbonyl (C=O) groups is 1. The van der Waals surface area contributed by atoms with Crippen LogP contribution in [-0.2, 0) is 11.2 Å². The van der Waals surface area contributed by atoms with E-state index in [0.717, 1.165) is 22.0 Å². The van der Waals surface area contributed by atoms with Crippen molar-refractivity contribution in [2.75, 3.05) is 6.61 Å². The molecule has 1 aromatic heterocycles. The first-order valence-electron chi connectivity index (χ1n) is 5.85. The third kappa shape index (κ3) is 2.59. The smallest absolute Gasteiger partial charge is 0.307 e. The maximum absolute atomic E-state index is 10.7. The van der Waals surface area contributed by atoms with Gasteiger partial charge in [-0.15, -0.1) is 0 Å². The molecule has 2 aromatic rings. The summed E-state index contributed by atoms with van der Waals surface area (Å²) in [6.07, 6.45) is 0.0303. The maximum atomic E-state index is 10.7. The number of aryl methyl sites for hydroxylation is 1. The number of aliphatic carboxylic acids is 1. The molecule has 0 atom stereocenters. The summed E-state index contributed by atoms with van der Waals surface area (Å²) in [6, 6.07) is 7.48. The number of fused-ring (bicyclic) bond motifs is 1. The number of ether oxygens (including phenoxy) is 1. The molecule has 4 nitrogen and oxygen atoms in total. The van der Waals surface area contributed by atoms with Crippen LogP contribution in [0.15, 0.2) is 24.3 Å². The van der Waals surface area contributed by atoms with Crippen LogP contribution in [0.4, 0.5) is 0 Å². The van der Waals surface area contributed by atoms with Crippen molar-refractivity contribution in [3.63, 3.8) is 0 Å². The minimum atomic E-state index is -0.828. The van der Waals surface area contributed by atoms with Gasteiger partial charge in [0, 0.05) is 17.1 Å². The van der Waals surface area contributed by atoms with Crippen LogP contribution in [0.2, 0.25) is 0 Å². The van der Waals surface area contributed by atoms with Gasteiger partial charge in [0.1, 0.15) is 0 Å². The molecule has 0 aliphatic carbocycles. The van der Waals surface area contributed by atoms with Crippen LogP contribution < -0.4 is 4.74 Å². The molecule has 0 spiro atoms. The van der Waals surface area contributed by atoms with Crippen molar-refractivity contribution in [3.05, 3.63) is 35.5 Å². The molecule has 18 heavy (non-hydrogen) atoms. The summed E-state index contributed by atoms with van der Waals surface area (Å²) in [5.74, 6) is -0.223. The molecule has 0 unspecified atom stereocenters. The molecule has 1 heterocycles. The van der Waals surface area contributed by atoms with Crippen molar-refractivity contribution in [1.82, 2.24) is 4.98 Å². The van der Waals surface area contributed by atoms with Crippen molar-refractivity contribution in [3.8, 4) is 5.88 Å². The number of carboxylic acid groups (broad SMARTS) is 1. The molecular weight excluding hydrogens is 230 g/mol. The molecule has 94 valence electrons. The molecule has 0 fully saturated rings. The molecule has 0 bridgehead atoms. The highest BCUT2D eigenvalue weighted by Gasteiger charge is 2.06. The second-order valence-electron chi connectivity index (χ2n) is 4.10. The number of hydrogen-bond donors (Lipinski definition) is 1. The Balaban J connectivity index is 2.47. The van der Waals surface area contributed by atoms with E-state index in [-0.39, 0.29) is 6.42 Å². The highest BCUT2D eigenvalue weighted by molar-refractivity contribution is 5.86. The van der Waals surface area contributed by atoms with Gasteiger partial charge in [-0.25, -0.2) is 4.98 Å². The van der Waals surface area contributed by atoms with E-state index in [0.29, 0.717) is 12.5 Å². The Hall–Kier alpha value is -2.10. The van der Waals surface area contributed by atoms with Crippen LogP contribution in [0.1, 0.15) is 18.2 Å². The quantitative estimate of drug-likeness (QED) is 0.899. The molecule has 0 aliphatic heterocycles. The van der Waals surface area contributed by atoms with Crippen molar-refractivity contribution < 1.29 is 14.6 Å². The fraction of sp³-hybridized carbons (Fsp3) is 0.286. The number of aromatic nitrogens is 1. The molecule has 0 radical (unpaired) electrons. The van der Waals surface area contributed by atoms with E-state index in [1.165, 1.54) is 0 Å². The van der Waals surface area contributed by atoms with Gasteiger partial charge in [-0.2, -0.15) is 0 Å². The minimum absolute atomic E-state index is 0.0303. The Morgan fingerprint density at radius 3 is 2.83 bits per heavy atom. The predicted octanol–water partition coefficient (Wildman–Crippen LogP) is 2.57. The zero-order valence-corrected chi connectivity index (χ0v) is 10.4. The lowest BCUT2D eigenvalue weighted by molar-refractivity contribution is -0.136. The van der Waals surface area contributed by atoms with Gasteiger partial charge in [0.25, 0.3) is 0 Å². The molecule has 0 saturated carbocycles. The van der Waals surface area contributed by atoms with E-state index in [1.54, 1.807) is 0 Å². The van der Waals surface area contributed by atoms with Gasteiger partial charge in [-0.3, -0.25) is 4.79 Å². The number of nitrogens with zero attached hydrogens (tertiary/aromatic N) is 1. The average Bonchev–Trinajstić information content (AvgIpc) is 2.30. The van der Waals surface area contributed by atoms with Crippen molar-refractivity contribution in [2.24, 2.45) is 0 Å². The molecule has 2 rings (SSSR count). The van der Waals surface area contributed by atoms with Gasteiger partial charge >= 0.3 is 5.97 Å². The second kappa shape index (κ2) is 5.04. The van der Waals surface area contributed by atoms with E-state index in [1.807, 2.05) is 38.1 Å². The number of hydrogen-bond acceptors (Lipinski definition) is 3. The Bertz CT molecular complexity index is 593. The highest BCUT2D eigenvalue weighted by Crippen LogP contribution is 2.23. The Morgan fingerprint density at radius 2 is 2.17 bits per heavy atom. The normalized spacial score (nSPS) is 10.6. The zero-order valence-electron chi connectivity index (χ0n) is 10.4. The monoisotopic (exact) mass is 245 g/mol. The van der Waals surface area contributed by atoms with E-state index in [9.17, 15) is 4.79 Å². The number of carboxylic acids is 1. The largest absolute Gasteiger partial charge is 0.481 e. The fourth-order valence-electron chi connectivity index (χ4n) is 1.94. The summed E-state index contributed by atoms with van der Waals surface area (Å²) >= 11 is 0. The third-order valence-corrected chi connectivity index (χ3v) is 2.71. The lowest BCUT2D eigenvalue weighted by Gasteiger charge is -2.08. The first kappa shape index (κ1) is 12.4. The predicted molar refractivity (Wildman–Crippen MR) is 69.0 cm³/mol. The summed E-state index contributed by atoms with van der Waals surface area (Å²) in [5.41, 5.74) is 1.63. The van der Waals surface area contributed by atoms with Gasteiger partial charge in [-0.1, -0.05) is 12.1 Å². The summed E-state index contributed by atoms with van der Waals surface area (Å²) in [6.45, 7) is 4.39. The lowest BCUT2D eigenvalue weighted by Crippen LogP contribution is -2.00. The van der Waals surface area contributed by atoms with Crippen LogP contribution in [0.5, 0.6) is 5.88 Å². The number of benzene rings is 1. The summed E-state index contributed by atoms with van der Waals surface area (Å²) in [5, 5.41) is 10.8. The van der Waals surface area contributed by atoms with Gasteiger partial charge in [0.15, 0.2) is 0 Å². The van der Waals surface area contributed by atoms with Crippen LogP contribution in [0, 0.1) is 6.92 Å². The van der Waals surface area contributed by atoms with E-state index in [2.05, 4.69) is 4.98 Å². The zero-order chi connectivity index (χ0) is 13.1. The molecular formula is C14H15NO3. The van der Waals surface area contributed by atoms with Gasteiger partial charge in [0.2, 0.25) is 5.88 Å². The maximum Gasteiger partial charge on any atom is 0.307 e. The van der Waals surface area contributed by atoms with Gasteiger partial charge in [-0.05, 0) is 30.9 Å². The molecule has 0 amide bonds. The number of pyridine rings is 1. The fourth-order valence-corrected chi connectivity index (χ4v) is 1.94. The van der Waals surface area contributed by atoms with Crippen LogP contribution in [0.3, 0.4) is 0 Å². The Morgan fingerprint density at radius 1 is 1.39 bits per heavy atom. The Labute approximate surface area is 105 Å². The Kier molecular flexibility index (Phi) is 3.46. The topological polar surface area (TPSA) is 59.4 Å². The summed E-state index contributed by atoms with van der Waals surface area (Å²) in [7, 11) is 0. The summed E-state index contributed by atoms with van der Waals surface area (Å²) < 4.78 is 5.38.